The van der Waals surface area contributed by atoms with Crippen molar-refractivity contribution in [3.05, 3.63) is 22.7 Å². The average Bonchev–Trinajstić information content (AvgIpc) is 3.08. The first-order chi connectivity index (χ1) is 18.1. The maximum atomic E-state index is 16.1. The van der Waals surface area contributed by atoms with Crippen molar-refractivity contribution >= 4 is 20.1 Å². The molecule has 1 aromatic heterocycles. The number of ether oxygens (including phenoxy) is 1. The molecular weight excluding hydrogens is 524 g/mol. The van der Waals surface area contributed by atoms with E-state index in [1.165, 1.54) is 31.7 Å². The highest BCUT2D eigenvalue weighted by atomic mass is 28.4. The average molecular weight is 574 g/mol. The molecule has 0 bridgehead atoms. The normalized spacial score (nSPS) is 22.2. The lowest BCUT2D eigenvalue weighted by Gasteiger charge is -2.37. The maximum absolute atomic E-state index is 16.1. The van der Waals surface area contributed by atoms with Crippen molar-refractivity contribution in [1.29, 1.82) is 0 Å². The van der Waals surface area contributed by atoms with E-state index in [0.29, 0.717) is 11.0 Å². The van der Waals surface area contributed by atoms with E-state index >= 15 is 8.78 Å². The minimum absolute atomic E-state index is 0.0966. The molecule has 0 spiro atoms. The molecule has 0 aromatic carbocycles. The van der Waals surface area contributed by atoms with Crippen molar-refractivity contribution in [2.75, 3.05) is 12.3 Å². The Morgan fingerprint density at radius 2 is 1.74 bits per heavy atom. The second kappa shape index (κ2) is 14.2. The third kappa shape index (κ3) is 8.82. The lowest BCUT2D eigenvalue weighted by molar-refractivity contribution is -0.156. The van der Waals surface area contributed by atoms with Crippen LogP contribution in [-0.2, 0) is 14.0 Å². The van der Waals surface area contributed by atoms with Gasteiger partial charge in [-0.15, -0.1) is 0 Å². The summed E-state index contributed by atoms with van der Waals surface area (Å²) in [7, 11) is -2.35. The summed E-state index contributed by atoms with van der Waals surface area (Å²) in [5, 5.41) is 9.92. The number of nitrogens with two attached hydrogens (primary N) is 1. The SMILES string of the molecule is CCCCCCCCCCCC(C(=O)O)[C@@H]1C(CO[Si](C)(C)C(C)(C)C)O[C@@H](n2ccc(N)nc2=O)C1(F)F. The van der Waals surface area contributed by atoms with Gasteiger partial charge in [-0.3, -0.25) is 9.36 Å². The summed E-state index contributed by atoms with van der Waals surface area (Å²) >= 11 is 0. The standard InChI is InChI=1S/C28H49F2N3O5Si/c1-7-8-9-10-11-12-13-14-15-16-20(24(34)35)23-21(19-37-39(5,6)27(2,3)4)38-25(28(23,29)30)33-18-17-22(31)32-26(33)36/h17-18,20-21,23,25H,7-16,19H2,1-6H3,(H,34,35)(H2,31,32,36)/t20?,21?,23-,25-/m1/s1. The number of unbranched alkanes of at least 4 members (excludes halogenated alkanes) is 8. The van der Waals surface area contributed by atoms with Gasteiger partial charge in [-0.25, -0.2) is 13.6 Å². The summed E-state index contributed by atoms with van der Waals surface area (Å²) in [6.07, 6.45) is 7.31. The molecule has 1 aliphatic rings. The Labute approximate surface area is 232 Å². The molecule has 1 saturated heterocycles. The predicted octanol–water partition coefficient (Wildman–Crippen LogP) is 6.62. The van der Waals surface area contributed by atoms with Crippen LogP contribution in [0.25, 0.3) is 0 Å². The van der Waals surface area contributed by atoms with Crippen molar-refractivity contribution < 1.29 is 27.8 Å². The summed E-state index contributed by atoms with van der Waals surface area (Å²) in [5.41, 5.74) is 4.57. The molecule has 0 amide bonds. The van der Waals surface area contributed by atoms with Gasteiger partial charge in [0.15, 0.2) is 8.32 Å². The second-order valence-corrected chi connectivity index (χ2v) is 17.2. The van der Waals surface area contributed by atoms with Gasteiger partial charge in [0.1, 0.15) is 5.82 Å². The first-order valence-corrected chi connectivity index (χ1v) is 17.3. The zero-order valence-electron chi connectivity index (χ0n) is 24.6. The van der Waals surface area contributed by atoms with Crippen molar-refractivity contribution in [3.63, 3.8) is 0 Å². The van der Waals surface area contributed by atoms with Crippen LogP contribution in [0.4, 0.5) is 14.6 Å². The predicted molar refractivity (Wildman–Crippen MR) is 151 cm³/mol. The highest BCUT2D eigenvalue weighted by molar-refractivity contribution is 6.74. The molecule has 2 unspecified atom stereocenters. The number of aromatic nitrogens is 2. The smallest absolute Gasteiger partial charge is 0.351 e. The van der Waals surface area contributed by atoms with E-state index in [1.807, 2.05) is 33.9 Å². The lowest BCUT2D eigenvalue weighted by Crippen LogP contribution is -2.47. The number of alkyl halides is 2. The molecule has 0 saturated carbocycles. The number of nitrogens with zero attached hydrogens (tertiary/aromatic N) is 2. The van der Waals surface area contributed by atoms with Gasteiger partial charge in [0.2, 0.25) is 6.23 Å². The fourth-order valence-corrected chi connectivity index (χ4v) is 5.93. The van der Waals surface area contributed by atoms with Crippen molar-refractivity contribution in [3.8, 4) is 0 Å². The summed E-state index contributed by atoms with van der Waals surface area (Å²) < 4.78 is 44.9. The molecule has 1 fully saturated rings. The van der Waals surface area contributed by atoms with Gasteiger partial charge in [0, 0.05) is 6.20 Å². The number of rotatable bonds is 16. The van der Waals surface area contributed by atoms with Crippen LogP contribution in [0.5, 0.6) is 0 Å². The van der Waals surface area contributed by atoms with Crippen LogP contribution in [0.2, 0.25) is 18.1 Å². The van der Waals surface area contributed by atoms with E-state index < -0.39 is 50.1 Å². The topological polar surface area (TPSA) is 117 Å². The van der Waals surface area contributed by atoms with Gasteiger partial charge in [-0.1, -0.05) is 85.5 Å². The Morgan fingerprint density at radius 1 is 1.18 bits per heavy atom. The van der Waals surface area contributed by atoms with E-state index in [1.54, 1.807) is 0 Å². The van der Waals surface area contributed by atoms with Crippen LogP contribution in [0.1, 0.15) is 98.1 Å². The Morgan fingerprint density at radius 3 is 2.26 bits per heavy atom. The third-order valence-electron chi connectivity index (χ3n) is 8.37. The zero-order chi connectivity index (χ0) is 29.4. The molecule has 39 heavy (non-hydrogen) atoms. The molecule has 224 valence electrons. The van der Waals surface area contributed by atoms with Crippen molar-refractivity contribution in [2.24, 2.45) is 11.8 Å². The van der Waals surface area contributed by atoms with Crippen LogP contribution >= 0.6 is 0 Å². The molecule has 2 rings (SSSR count). The number of hydrogen-bond donors (Lipinski definition) is 2. The first kappa shape index (κ1) is 33.4. The van der Waals surface area contributed by atoms with Gasteiger partial charge in [0.25, 0.3) is 5.92 Å². The summed E-state index contributed by atoms with van der Waals surface area (Å²) in [6, 6.07) is 1.24. The highest BCUT2D eigenvalue weighted by Crippen LogP contribution is 2.51. The number of hydrogen-bond acceptors (Lipinski definition) is 6. The van der Waals surface area contributed by atoms with E-state index in [4.69, 9.17) is 14.9 Å². The second-order valence-electron chi connectivity index (χ2n) is 12.4. The van der Waals surface area contributed by atoms with Crippen molar-refractivity contribution in [1.82, 2.24) is 9.55 Å². The molecular formula is C28H49F2N3O5Si. The van der Waals surface area contributed by atoms with Gasteiger partial charge in [-0.2, -0.15) is 4.98 Å². The van der Waals surface area contributed by atoms with Gasteiger partial charge in [-0.05, 0) is 30.6 Å². The number of carboxylic acids is 1. The van der Waals surface area contributed by atoms with E-state index in [-0.39, 0.29) is 23.9 Å². The zero-order valence-corrected chi connectivity index (χ0v) is 25.6. The van der Waals surface area contributed by atoms with Crippen molar-refractivity contribution in [2.45, 2.75) is 128 Å². The van der Waals surface area contributed by atoms with Crippen LogP contribution in [0, 0.1) is 11.8 Å². The number of anilines is 1. The molecule has 4 atom stereocenters. The fourth-order valence-electron chi connectivity index (χ4n) is 4.92. The summed E-state index contributed by atoms with van der Waals surface area (Å²) in [4.78, 5) is 28.4. The summed E-state index contributed by atoms with van der Waals surface area (Å²) in [5.74, 6) is -8.04. The fraction of sp³-hybridized carbons (Fsp3) is 0.821. The Hall–Kier alpha value is -1.85. The van der Waals surface area contributed by atoms with Crippen LogP contribution in [0.15, 0.2) is 17.1 Å². The molecule has 2 heterocycles. The molecule has 1 aliphatic heterocycles. The lowest BCUT2D eigenvalue weighted by atomic mass is 9.80. The van der Waals surface area contributed by atoms with Crippen LogP contribution in [-0.4, -0.2) is 47.6 Å². The molecule has 11 heteroatoms. The Kier molecular flexibility index (Phi) is 12.1. The first-order valence-electron chi connectivity index (χ1n) is 14.4. The highest BCUT2D eigenvalue weighted by Gasteiger charge is 2.63. The van der Waals surface area contributed by atoms with Crippen LogP contribution < -0.4 is 11.4 Å². The van der Waals surface area contributed by atoms with E-state index in [9.17, 15) is 14.7 Å². The van der Waals surface area contributed by atoms with Gasteiger partial charge >= 0.3 is 11.7 Å². The summed E-state index contributed by atoms with van der Waals surface area (Å²) in [6.45, 7) is 12.1. The van der Waals surface area contributed by atoms with Crippen LogP contribution in [0.3, 0.4) is 0 Å². The Bertz CT molecular complexity index is 983. The number of aliphatic carboxylic acids is 1. The number of carbonyl (C=O) groups is 1. The molecule has 0 radical (unpaired) electrons. The number of nitrogen functional groups attached to an aromatic ring is 1. The molecule has 8 nitrogen and oxygen atoms in total. The molecule has 3 N–H and O–H groups in total. The largest absolute Gasteiger partial charge is 0.481 e. The minimum atomic E-state index is -3.65. The quantitative estimate of drug-likeness (QED) is 0.169. The number of halogens is 2. The minimum Gasteiger partial charge on any atom is -0.481 e. The van der Waals surface area contributed by atoms with Gasteiger partial charge in [0.05, 0.1) is 24.5 Å². The third-order valence-corrected chi connectivity index (χ3v) is 12.9. The molecule has 1 aromatic rings. The van der Waals surface area contributed by atoms with E-state index in [0.717, 1.165) is 31.9 Å². The molecule has 0 aliphatic carbocycles. The number of carboxylic acid groups (broad SMARTS) is 1. The maximum Gasteiger partial charge on any atom is 0.351 e. The Balaban J connectivity index is 2.23. The monoisotopic (exact) mass is 573 g/mol. The van der Waals surface area contributed by atoms with E-state index in [2.05, 4.69) is 11.9 Å². The van der Waals surface area contributed by atoms with Gasteiger partial charge < -0.3 is 20.0 Å².